The summed E-state index contributed by atoms with van der Waals surface area (Å²) < 4.78 is 5.33. The van der Waals surface area contributed by atoms with Crippen molar-refractivity contribution in [3.63, 3.8) is 0 Å². The molecule has 1 aliphatic heterocycles. The molecule has 0 spiro atoms. The Balaban J connectivity index is 1.57. The van der Waals surface area contributed by atoms with Gasteiger partial charge < -0.3 is 20.1 Å². The molecular weight excluding hydrogens is 310 g/mol. The zero-order chi connectivity index (χ0) is 16.9. The van der Waals surface area contributed by atoms with Crippen LogP contribution in [0.3, 0.4) is 0 Å². The number of rotatable bonds is 4. The smallest absolute Gasteiger partial charge is 0.306 e. The SMILES string of the molecule is O=C(O)C1CCCC(C(=O)Nc2ccc(N3CCOCC3)cn2)C1. The molecule has 2 aliphatic rings. The fourth-order valence-electron chi connectivity index (χ4n) is 3.35. The van der Waals surface area contributed by atoms with E-state index in [4.69, 9.17) is 9.84 Å². The maximum Gasteiger partial charge on any atom is 0.306 e. The van der Waals surface area contributed by atoms with E-state index in [0.29, 0.717) is 31.9 Å². The third-order valence-electron chi connectivity index (χ3n) is 4.77. The lowest BCUT2D eigenvalue weighted by atomic mass is 9.81. The minimum absolute atomic E-state index is 0.132. The standard InChI is InChI=1S/C17H23N3O4/c21-16(12-2-1-3-13(10-12)17(22)23)19-15-5-4-14(11-18-15)20-6-8-24-9-7-20/h4-5,11-13H,1-3,6-10H2,(H,22,23)(H,18,19,21). The van der Waals surface area contributed by atoms with Crippen LogP contribution in [-0.4, -0.2) is 48.3 Å². The van der Waals surface area contributed by atoms with Gasteiger partial charge in [-0.05, 0) is 31.4 Å². The Morgan fingerprint density at radius 3 is 2.62 bits per heavy atom. The lowest BCUT2D eigenvalue weighted by Gasteiger charge is -2.28. The monoisotopic (exact) mass is 333 g/mol. The first kappa shape index (κ1) is 16.7. The maximum atomic E-state index is 12.4. The Morgan fingerprint density at radius 1 is 1.21 bits per heavy atom. The number of carboxylic acids is 1. The molecule has 1 saturated heterocycles. The number of ether oxygens (including phenoxy) is 1. The number of carbonyl (C=O) groups is 2. The summed E-state index contributed by atoms with van der Waals surface area (Å²) in [4.78, 5) is 30.0. The first-order valence-corrected chi connectivity index (χ1v) is 8.46. The van der Waals surface area contributed by atoms with Crippen LogP contribution in [0.4, 0.5) is 11.5 Å². The van der Waals surface area contributed by atoms with Gasteiger partial charge in [0.1, 0.15) is 5.82 Å². The number of morpholine rings is 1. The van der Waals surface area contributed by atoms with E-state index in [-0.39, 0.29) is 11.8 Å². The van der Waals surface area contributed by atoms with Crippen LogP contribution in [0.1, 0.15) is 25.7 Å². The molecule has 2 unspecified atom stereocenters. The van der Waals surface area contributed by atoms with Crippen molar-refractivity contribution >= 4 is 23.4 Å². The van der Waals surface area contributed by atoms with Gasteiger partial charge >= 0.3 is 5.97 Å². The number of aromatic nitrogens is 1. The van der Waals surface area contributed by atoms with Crippen molar-refractivity contribution in [2.45, 2.75) is 25.7 Å². The van der Waals surface area contributed by atoms with Crippen molar-refractivity contribution in [1.29, 1.82) is 0 Å². The highest BCUT2D eigenvalue weighted by molar-refractivity contribution is 5.92. The van der Waals surface area contributed by atoms with Crippen molar-refractivity contribution in [1.82, 2.24) is 4.98 Å². The van der Waals surface area contributed by atoms with E-state index in [2.05, 4.69) is 15.2 Å². The molecule has 1 amide bonds. The summed E-state index contributed by atoms with van der Waals surface area (Å²) >= 11 is 0. The Bertz CT molecular complexity index is 584. The number of carbonyl (C=O) groups excluding carboxylic acids is 1. The van der Waals surface area contributed by atoms with Gasteiger partial charge in [-0.15, -0.1) is 0 Å². The summed E-state index contributed by atoms with van der Waals surface area (Å²) in [5, 5.41) is 11.9. The summed E-state index contributed by atoms with van der Waals surface area (Å²) in [5.41, 5.74) is 1.01. The van der Waals surface area contributed by atoms with Crippen LogP contribution in [0.5, 0.6) is 0 Å². The van der Waals surface area contributed by atoms with E-state index in [1.54, 1.807) is 12.3 Å². The predicted molar refractivity (Wildman–Crippen MR) is 89.0 cm³/mol. The van der Waals surface area contributed by atoms with Crippen LogP contribution >= 0.6 is 0 Å². The highest BCUT2D eigenvalue weighted by Gasteiger charge is 2.31. The number of aliphatic carboxylic acids is 1. The van der Waals surface area contributed by atoms with E-state index < -0.39 is 11.9 Å². The minimum atomic E-state index is -0.805. The number of pyridine rings is 1. The third-order valence-corrected chi connectivity index (χ3v) is 4.77. The quantitative estimate of drug-likeness (QED) is 0.872. The summed E-state index contributed by atoms with van der Waals surface area (Å²) in [6.45, 7) is 3.11. The van der Waals surface area contributed by atoms with Crippen LogP contribution in [0.2, 0.25) is 0 Å². The van der Waals surface area contributed by atoms with Crippen molar-refractivity contribution in [3.05, 3.63) is 18.3 Å². The zero-order valence-electron chi connectivity index (χ0n) is 13.6. The van der Waals surface area contributed by atoms with E-state index in [1.807, 2.05) is 6.07 Å². The average molecular weight is 333 g/mol. The molecule has 2 fully saturated rings. The van der Waals surface area contributed by atoms with E-state index in [9.17, 15) is 9.59 Å². The lowest BCUT2D eigenvalue weighted by Crippen LogP contribution is -2.36. The van der Waals surface area contributed by atoms with Gasteiger partial charge in [-0.1, -0.05) is 6.42 Å². The highest BCUT2D eigenvalue weighted by Crippen LogP contribution is 2.30. The van der Waals surface area contributed by atoms with Gasteiger partial charge in [0, 0.05) is 19.0 Å². The van der Waals surface area contributed by atoms with Crippen molar-refractivity contribution in [2.24, 2.45) is 11.8 Å². The predicted octanol–water partition coefficient (Wildman–Crippen LogP) is 1.75. The van der Waals surface area contributed by atoms with Gasteiger partial charge in [0.2, 0.25) is 5.91 Å². The number of carboxylic acid groups (broad SMARTS) is 1. The normalized spacial score (nSPS) is 24.4. The molecule has 1 saturated carbocycles. The topological polar surface area (TPSA) is 91.8 Å². The zero-order valence-corrected chi connectivity index (χ0v) is 13.6. The number of nitrogens with one attached hydrogen (secondary N) is 1. The van der Waals surface area contributed by atoms with Gasteiger partial charge in [0.25, 0.3) is 0 Å². The molecule has 1 aromatic rings. The molecule has 2 atom stereocenters. The second-order valence-electron chi connectivity index (χ2n) is 6.39. The van der Waals surface area contributed by atoms with E-state index in [1.165, 1.54) is 0 Å². The molecule has 24 heavy (non-hydrogen) atoms. The minimum Gasteiger partial charge on any atom is -0.481 e. The second-order valence-corrected chi connectivity index (χ2v) is 6.39. The summed E-state index contributed by atoms with van der Waals surface area (Å²) in [6, 6.07) is 3.73. The van der Waals surface area contributed by atoms with Crippen LogP contribution in [0.25, 0.3) is 0 Å². The van der Waals surface area contributed by atoms with Gasteiger partial charge in [-0.3, -0.25) is 9.59 Å². The molecule has 1 aromatic heterocycles. The first-order valence-electron chi connectivity index (χ1n) is 8.46. The Kier molecular flexibility index (Phi) is 5.30. The molecular formula is C17H23N3O4. The Labute approximate surface area is 141 Å². The van der Waals surface area contributed by atoms with Gasteiger partial charge in [-0.25, -0.2) is 4.98 Å². The largest absolute Gasteiger partial charge is 0.481 e. The van der Waals surface area contributed by atoms with E-state index >= 15 is 0 Å². The Hall–Kier alpha value is -2.15. The molecule has 7 nitrogen and oxygen atoms in total. The van der Waals surface area contributed by atoms with Crippen LogP contribution in [0, 0.1) is 11.8 Å². The van der Waals surface area contributed by atoms with Gasteiger partial charge in [-0.2, -0.15) is 0 Å². The molecule has 2 N–H and O–H groups in total. The fraction of sp³-hybridized carbons (Fsp3) is 0.588. The third kappa shape index (κ3) is 4.03. The summed E-state index contributed by atoms with van der Waals surface area (Å²) in [6.07, 6.45) is 4.33. The molecule has 7 heteroatoms. The van der Waals surface area contributed by atoms with Crippen LogP contribution < -0.4 is 10.2 Å². The van der Waals surface area contributed by atoms with Crippen molar-refractivity contribution in [2.75, 3.05) is 36.5 Å². The number of hydrogen-bond acceptors (Lipinski definition) is 5. The number of amides is 1. The van der Waals surface area contributed by atoms with Crippen LogP contribution in [-0.2, 0) is 14.3 Å². The molecule has 0 aromatic carbocycles. The number of hydrogen-bond donors (Lipinski definition) is 2. The molecule has 130 valence electrons. The second kappa shape index (κ2) is 7.61. The van der Waals surface area contributed by atoms with Crippen molar-refractivity contribution < 1.29 is 19.4 Å². The molecule has 3 rings (SSSR count). The van der Waals surface area contributed by atoms with Gasteiger partial charge in [0.05, 0.1) is 31.0 Å². The van der Waals surface area contributed by atoms with E-state index in [0.717, 1.165) is 31.6 Å². The lowest BCUT2D eigenvalue weighted by molar-refractivity contribution is -0.143. The van der Waals surface area contributed by atoms with Crippen LogP contribution in [0.15, 0.2) is 18.3 Å². The molecule has 0 bridgehead atoms. The fourth-order valence-corrected chi connectivity index (χ4v) is 3.35. The summed E-state index contributed by atoms with van der Waals surface area (Å²) in [5.74, 6) is -1.09. The van der Waals surface area contributed by atoms with Gasteiger partial charge in [0.15, 0.2) is 0 Å². The molecule has 0 radical (unpaired) electrons. The number of nitrogens with zero attached hydrogens (tertiary/aromatic N) is 2. The Morgan fingerprint density at radius 2 is 1.96 bits per heavy atom. The van der Waals surface area contributed by atoms with Crippen molar-refractivity contribution in [3.8, 4) is 0 Å². The highest BCUT2D eigenvalue weighted by atomic mass is 16.5. The maximum absolute atomic E-state index is 12.4. The first-order chi connectivity index (χ1) is 11.6. The molecule has 2 heterocycles. The number of anilines is 2. The average Bonchev–Trinajstić information content (AvgIpc) is 2.63. The molecule has 1 aliphatic carbocycles. The summed E-state index contributed by atoms with van der Waals surface area (Å²) in [7, 11) is 0.